The molecule has 0 bridgehead atoms. The Balaban J connectivity index is 1.49. The summed E-state index contributed by atoms with van der Waals surface area (Å²) in [7, 11) is -3.45. The van der Waals surface area contributed by atoms with Crippen molar-refractivity contribution in [3.05, 3.63) is 30.3 Å². The van der Waals surface area contributed by atoms with Crippen LogP contribution in [0.4, 0.5) is 0 Å². The van der Waals surface area contributed by atoms with Gasteiger partial charge in [0.15, 0.2) is 0 Å². The topological polar surface area (TPSA) is 83.5 Å². The molecular formula is C18H25NO4S2. The zero-order valence-corrected chi connectivity index (χ0v) is 15.8. The van der Waals surface area contributed by atoms with E-state index in [-0.39, 0.29) is 12.5 Å². The van der Waals surface area contributed by atoms with Crippen molar-refractivity contribution >= 4 is 27.8 Å². The Bertz CT molecular complexity index is 692. The highest BCUT2D eigenvalue weighted by molar-refractivity contribution is 8.07. The molecule has 0 radical (unpaired) electrons. The minimum atomic E-state index is -3.45. The van der Waals surface area contributed by atoms with E-state index in [1.165, 1.54) is 0 Å². The number of carbonyl (C=O) groups is 1. The van der Waals surface area contributed by atoms with E-state index in [4.69, 9.17) is 5.11 Å². The van der Waals surface area contributed by atoms with Crippen LogP contribution in [0.1, 0.15) is 44.9 Å². The van der Waals surface area contributed by atoms with Crippen molar-refractivity contribution in [1.29, 1.82) is 0 Å². The van der Waals surface area contributed by atoms with Gasteiger partial charge in [-0.2, -0.15) is 11.8 Å². The molecule has 5 nitrogen and oxygen atoms in total. The maximum absolute atomic E-state index is 12.6. The van der Waals surface area contributed by atoms with Gasteiger partial charge >= 0.3 is 5.97 Å². The summed E-state index contributed by atoms with van der Waals surface area (Å²) in [5, 5.41) is 9.86. The minimum Gasteiger partial charge on any atom is -0.481 e. The first-order valence-corrected chi connectivity index (χ1v) is 11.3. The number of aliphatic carboxylic acids is 1. The van der Waals surface area contributed by atoms with E-state index in [1.54, 1.807) is 24.3 Å². The van der Waals surface area contributed by atoms with Crippen LogP contribution < -0.4 is 4.72 Å². The third kappa shape index (κ3) is 4.99. The normalized spacial score (nSPS) is 27.8. The molecule has 7 heteroatoms. The van der Waals surface area contributed by atoms with Crippen molar-refractivity contribution in [2.45, 2.75) is 66.4 Å². The Labute approximate surface area is 153 Å². The molecule has 138 valence electrons. The number of rotatable bonds is 10. The third-order valence-corrected chi connectivity index (χ3v) is 8.10. The van der Waals surface area contributed by atoms with Crippen LogP contribution in [0, 0.1) is 5.92 Å². The molecule has 1 saturated carbocycles. The molecule has 1 aliphatic heterocycles. The number of thioether (sulfide) groups is 1. The van der Waals surface area contributed by atoms with Crippen molar-refractivity contribution in [3.8, 4) is 0 Å². The molecule has 1 aromatic carbocycles. The zero-order chi connectivity index (χ0) is 17.9. The number of sulfonamides is 1. The van der Waals surface area contributed by atoms with Gasteiger partial charge in [-0.3, -0.25) is 4.79 Å². The van der Waals surface area contributed by atoms with Crippen LogP contribution in [-0.4, -0.2) is 36.0 Å². The van der Waals surface area contributed by atoms with Gasteiger partial charge in [-0.1, -0.05) is 37.5 Å². The predicted molar refractivity (Wildman–Crippen MR) is 99.2 cm³/mol. The highest BCUT2D eigenvalue weighted by atomic mass is 32.2. The summed E-state index contributed by atoms with van der Waals surface area (Å²) in [4.78, 5) is 10.8. The fourth-order valence-electron chi connectivity index (χ4n) is 3.75. The van der Waals surface area contributed by atoms with Gasteiger partial charge in [0.05, 0.1) is 4.90 Å². The second kappa shape index (κ2) is 8.10. The Morgan fingerprint density at radius 1 is 1.16 bits per heavy atom. The lowest BCUT2D eigenvalue weighted by atomic mass is 9.96. The van der Waals surface area contributed by atoms with E-state index in [9.17, 15) is 13.2 Å². The first-order chi connectivity index (χ1) is 12.0. The molecule has 0 aromatic heterocycles. The molecule has 0 amide bonds. The van der Waals surface area contributed by atoms with E-state index in [1.807, 2.05) is 17.8 Å². The van der Waals surface area contributed by atoms with Crippen molar-refractivity contribution in [1.82, 2.24) is 4.72 Å². The van der Waals surface area contributed by atoms with E-state index < -0.39 is 16.0 Å². The van der Waals surface area contributed by atoms with Gasteiger partial charge in [-0.15, -0.1) is 0 Å². The van der Waals surface area contributed by atoms with Crippen molar-refractivity contribution in [2.75, 3.05) is 0 Å². The Morgan fingerprint density at radius 3 is 2.60 bits per heavy atom. The molecule has 1 heterocycles. The average molecular weight is 384 g/mol. The summed E-state index contributed by atoms with van der Waals surface area (Å²) in [6, 6.07) is 8.58. The summed E-state index contributed by atoms with van der Waals surface area (Å²) in [6.45, 7) is 0. The summed E-state index contributed by atoms with van der Waals surface area (Å²) in [6.07, 6.45) is 5.89. The molecule has 2 N–H and O–H groups in total. The number of unbranched alkanes of at least 4 members (excludes halogenated alkanes) is 3. The number of hydrogen-bond donors (Lipinski definition) is 2. The van der Waals surface area contributed by atoms with E-state index in [0.29, 0.717) is 21.3 Å². The largest absolute Gasteiger partial charge is 0.481 e. The standard InChI is InChI=1S/C18H25NO4S2/c20-17(21)11-7-2-1-6-10-14-15(12-16-18(14)24-16)19-25(22,23)13-8-4-3-5-9-13/h3-5,8-9,14-16,18-19H,1-2,6-7,10-12H2,(H,20,21)/t14-,15+,16+,18-/m0/s1. The second-order valence-electron chi connectivity index (χ2n) is 6.93. The molecule has 0 unspecified atom stereocenters. The number of carboxylic acids is 1. The molecule has 2 aliphatic rings. The second-order valence-corrected chi connectivity index (χ2v) is 10.1. The van der Waals surface area contributed by atoms with E-state index in [2.05, 4.69) is 4.72 Å². The van der Waals surface area contributed by atoms with Crippen LogP contribution in [0.3, 0.4) is 0 Å². The molecule has 0 spiro atoms. The lowest BCUT2D eigenvalue weighted by Crippen LogP contribution is -2.39. The quantitative estimate of drug-likeness (QED) is 0.479. The Hall–Kier alpha value is -1.05. The summed E-state index contributed by atoms with van der Waals surface area (Å²) in [5.41, 5.74) is 0. The lowest BCUT2D eigenvalue weighted by Gasteiger charge is -2.23. The van der Waals surface area contributed by atoms with E-state index >= 15 is 0 Å². The first-order valence-electron chi connectivity index (χ1n) is 8.92. The van der Waals surface area contributed by atoms with Gasteiger partial charge in [0.25, 0.3) is 0 Å². The number of fused-ring (bicyclic) bond motifs is 1. The van der Waals surface area contributed by atoms with Crippen LogP contribution in [-0.2, 0) is 14.8 Å². The number of hydrogen-bond acceptors (Lipinski definition) is 4. The maximum atomic E-state index is 12.6. The molecule has 25 heavy (non-hydrogen) atoms. The number of benzene rings is 1. The molecular weight excluding hydrogens is 358 g/mol. The van der Waals surface area contributed by atoms with Crippen LogP contribution in [0.15, 0.2) is 35.2 Å². The van der Waals surface area contributed by atoms with Gasteiger partial charge in [0.1, 0.15) is 0 Å². The fraction of sp³-hybridized carbons (Fsp3) is 0.611. The number of nitrogens with one attached hydrogen (secondary N) is 1. The molecule has 4 atom stereocenters. The first kappa shape index (κ1) is 18.7. The maximum Gasteiger partial charge on any atom is 0.303 e. The van der Waals surface area contributed by atoms with Crippen LogP contribution in [0.25, 0.3) is 0 Å². The molecule has 2 fully saturated rings. The van der Waals surface area contributed by atoms with Gasteiger partial charge < -0.3 is 5.11 Å². The lowest BCUT2D eigenvalue weighted by molar-refractivity contribution is -0.137. The van der Waals surface area contributed by atoms with Gasteiger partial charge in [-0.05, 0) is 37.3 Å². The zero-order valence-electron chi connectivity index (χ0n) is 14.1. The molecule has 1 aromatic rings. The third-order valence-electron chi connectivity index (χ3n) is 5.08. The fourth-order valence-corrected chi connectivity index (χ4v) is 6.55. The predicted octanol–water partition coefficient (Wildman–Crippen LogP) is 3.26. The SMILES string of the molecule is O=C(O)CCCCCC[C@@H]1[C@@H]2S[C@@H]2C[C@H]1NS(=O)(=O)c1ccccc1. The van der Waals surface area contributed by atoms with Crippen LogP contribution in [0.5, 0.6) is 0 Å². The van der Waals surface area contributed by atoms with Gasteiger partial charge in [-0.25, -0.2) is 13.1 Å². The highest BCUT2D eigenvalue weighted by Crippen LogP contribution is 2.57. The van der Waals surface area contributed by atoms with Gasteiger partial charge in [0, 0.05) is 23.0 Å². The average Bonchev–Trinajstić information content (AvgIpc) is 3.25. The Kier molecular flexibility index (Phi) is 6.07. The van der Waals surface area contributed by atoms with Crippen LogP contribution >= 0.6 is 11.8 Å². The van der Waals surface area contributed by atoms with E-state index in [0.717, 1.165) is 38.5 Å². The smallest absolute Gasteiger partial charge is 0.303 e. The summed E-state index contributed by atoms with van der Waals surface area (Å²) in [5.74, 6) is -0.337. The molecule has 1 saturated heterocycles. The van der Waals surface area contributed by atoms with Crippen molar-refractivity contribution in [3.63, 3.8) is 0 Å². The van der Waals surface area contributed by atoms with Crippen molar-refractivity contribution < 1.29 is 18.3 Å². The molecule has 1 aliphatic carbocycles. The Morgan fingerprint density at radius 2 is 1.88 bits per heavy atom. The molecule has 3 rings (SSSR count). The summed E-state index contributed by atoms with van der Waals surface area (Å²) >= 11 is 1.97. The summed E-state index contributed by atoms with van der Waals surface area (Å²) < 4.78 is 28.1. The highest BCUT2D eigenvalue weighted by Gasteiger charge is 2.54. The minimum absolute atomic E-state index is 0.0282. The monoisotopic (exact) mass is 383 g/mol. The van der Waals surface area contributed by atoms with Gasteiger partial charge in [0.2, 0.25) is 10.0 Å². The number of carboxylic acid groups (broad SMARTS) is 1. The van der Waals surface area contributed by atoms with Crippen molar-refractivity contribution in [2.24, 2.45) is 5.92 Å². The van der Waals surface area contributed by atoms with Crippen LogP contribution in [0.2, 0.25) is 0 Å².